The molecular weight excluding hydrogens is 707 g/mol. The van der Waals surface area contributed by atoms with Crippen molar-refractivity contribution in [3.05, 3.63) is 48.6 Å². The minimum atomic E-state index is -0.799. The molecule has 0 aromatic rings. The number of hydrogen-bond donors (Lipinski definition) is 3. The number of allylic oxidation sites excluding steroid dienone is 8. The molecule has 0 fully saturated rings. The van der Waals surface area contributed by atoms with Gasteiger partial charge in [0.2, 0.25) is 5.91 Å². The summed E-state index contributed by atoms with van der Waals surface area (Å²) in [4.78, 5) is 26.0. The number of rotatable bonds is 43. The van der Waals surface area contributed by atoms with Gasteiger partial charge in [-0.15, -0.1) is 0 Å². The highest BCUT2D eigenvalue weighted by atomic mass is 16.5. The first-order chi connectivity index (χ1) is 28.0. The molecule has 0 heterocycles. The normalized spacial score (nSPS) is 13.7. The third-order valence-corrected chi connectivity index (χ3v) is 10.9. The number of amides is 1. The van der Waals surface area contributed by atoms with Crippen LogP contribution in [0, 0.1) is 0 Å². The van der Waals surface area contributed by atoms with Crippen LogP contribution in [0.2, 0.25) is 0 Å². The number of ether oxygens (including phenoxy) is 1. The summed E-state index contributed by atoms with van der Waals surface area (Å²) in [6.45, 7) is 6.41. The van der Waals surface area contributed by atoms with Gasteiger partial charge in [0, 0.05) is 6.42 Å². The second-order valence-corrected chi connectivity index (χ2v) is 16.5. The molecule has 332 valence electrons. The molecule has 6 nitrogen and oxygen atoms in total. The Bertz CT molecular complexity index is 988. The maximum atomic E-state index is 13.1. The number of unbranched alkanes of at least 4 members (excludes halogenated alkanes) is 23. The van der Waals surface area contributed by atoms with E-state index in [1.807, 2.05) is 0 Å². The van der Waals surface area contributed by atoms with Gasteiger partial charge in [0.15, 0.2) is 0 Å². The van der Waals surface area contributed by atoms with E-state index in [1.165, 1.54) is 122 Å². The Balaban J connectivity index is 4.69. The van der Waals surface area contributed by atoms with Crippen molar-refractivity contribution in [2.75, 3.05) is 6.61 Å². The van der Waals surface area contributed by atoms with Crippen molar-refractivity contribution in [2.45, 2.75) is 257 Å². The predicted molar refractivity (Wildman–Crippen MR) is 245 cm³/mol. The summed E-state index contributed by atoms with van der Waals surface area (Å²) in [5, 5.41) is 23.7. The summed E-state index contributed by atoms with van der Waals surface area (Å²) < 4.78 is 5.88. The first kappa shape index (κ1) is 54.8. The second kappa shape index (κ2) is 44.9. The molecule has 3 atom stereocenters. The molecule has 0 spiro atoms. The van der Waals surface area contributed by atoms with Crippen LogP contribution in [0.5, 0.6) is 0 Å². The van der Waals surface area contributed by atoms with Gasteiger partial charge in [-0.05, 0) is 64.2 Å². The highest BCUT2D eigenvalue weighted by molar-refractivity contribution is 5.77. The van der Waals surface area contributed by atoms with Crippen LogP contribution in [-0.2, 0) is 14.3 Å². The van der Waals surface area contributed by atoms with Gasteiger partial charge < -0.3 is 20.3 Å². The molecule has 0 bridgehead atoms. The standard InChI is InChI=1S/C51H93NO5/c1-4-7-10-13-16-19-22-23-24-25-26-27-29-30-33-36-39-42-47(57-51(56)44-41-38-35-32-21-18-15-12-9-6-3)45-50(55)52-48(46-53)49(54)43-40-37-34-31-28-20-17-14-11-8-5-2/h16,19,23-24,26-27,30,33,47-49,53-54H,4-15,17-18,20-22,25,28-29,31-32,34-46H2,1-3H3,(H,52,55)/b19-16-,24-23-,27-26-,33-30-. The number of esters is 1. The van der Waals surface area contributed by atoms with Gasteiger partial charge in [-0.25, -0.2) is 0 Å². The van der Waals surface area contributed by atoms with E-state index in [-0.39, 0.29) is 24.9 Å². The minimum absolute atomic E-state index is 0.0417. The van der Waals surface area contributed by atoms with Crippen LogP contribution in [0.25, 0.3) is 0 Å². The monoisotopic (exact) mass is 800 g/mol. The highest BCUT2D eigenvalue weighted by Crippen LogP contribution is 2.17. The summed E-state index contributed by atoms with van der Waals surface area (Å²) in [6, 6.07) is -0.716. The van der Waals surface area contributed by atoms with E-state index in [0.717, 1.165) is 70.6 Å². The summed E-state index contributed by atoms with van der Waals surface area (Å²) in [5.41, 5.74) is 0. The largest absolute Gasteiger partial charge is 0.462 e. The lowest BCUT2D eigenvalue weighted by Crippen LogP contribution is -2.46. The van der Waals surface area contributed by atoms with Crippen molar-refractivity contribution in [1.82, 2.24) is 5.32 Å². The van der Waals surface area contributed by atoms with E-state index in [1.54, 1.807) is 0 Å². The molecule has 3 N–H and O–H groups in total. The topological polar surface area (TPSA) is 95.9 Å². The van der Waals surface area contributed by atoms with Crippen LogP contribution in [0.1, 0.15) is 239 Å². The molecule has 0 saturated carbocycles. The Morgan fingerprint density at radius 3 is 1.39 bits per heavy atom. The van der Waals surface area contributed by atoms with Crippen LogP contribution < -0.4 is 5.32 Å². The molecule has 3 unspecified atom stereocenters. The van der Waals surface area contributed by atoms with Crippen LogP contribution in [0.4, 0.5) is 0 Å². The molecule has 0 radical (unpaired) electrons. The summed E-state index contributed by atoms with van der Waals surface area (Å²) in [7, 11) is 0. The predicted octanol–water partition coefficient (Wildman–Crippen LogP) is 14.3. The molecular formula is C51H93NO5. The number of carbonyl (C=O) groups excluding carboxylic acids is 2. The SMILES string of the molecule is CCCCC/C=C\C/C=C\C/C=C\C/C=C\CCCC(CC(=O)NC(CO)C(O)CCCCCCCCCCCCC)OC(=O)CCCCCCCCCCCC. The lowest BCUT2D eigenvalue weighted by atomic mass is 10.0. The van der Waals surface area contributed by atoms with Gasteiger partial charge in [-0.1, -0.05) is 211 Å². The molecule has 0 aliphatic heterocycles. The van der Waals surface area contributed by atoms with Crippen molar-refractivity contribution in [3.63, 3.8) is 0 Å². The Labute approximate surface area is 353 Å². The van der Waals surface area contributed by atoms with E-state index in [0.29, 0.717) is 19.3 Å². The molecule has 0 aromatic carbocycles. The van der Waals surface area contributed by atoms with E-state index in [9.17, 15) is 19.8 Å². The molecule has 57 heavy (non-hydrogen) atoms. The third kappa shape index (κ3) is 40.4. The highest BCUT2D eigenvalue weighted by Gasteiger charge is 2.24. The first-order valence-corrected chi connectivity index (χ1v) is 24.4. The molecule has 0 saturated heterocycles. The fourth-order valence-corrected chi connectivity index (χ4v) is 7.18. The lowest BCUT2D eigenvalue weighted by molar-refractivity contribution is -0.151. The number of aliphatic hydroxyl groups is 2. The minimum Gasteiger partial charge on any atom is -0.462 e. The summed E-state index contributed by atoms with van der Waals surface area (Å²) in [5.74, 6) is -0.526. The maximum Gasteiger partial charge on any atom is 0.306 e. The molecule has 0 aromatic heterocycles. The molecule has 6 heteroatoms. The number of aliphatic hydroxyl groups excluding tert-OH is 2. The van der Waals surface area contributed by atoms with Gasteiger partial charge >= 0.3 is 5.97 Å². The van der Waals surface area contributed by atoms with Crippen molar-refractivity contribution < 1.29 is 24.5 Å². The first-order valence-electron chi connectivity index (χ1n) is 24.4. The van der Waals surface area contributed by atoms with Gasteiger partial charge in [0.05, 0.1) is 25.2 Å². The quantitative estimate of drug-likeness (QED) is 0.0324. The van der Waals surface area contributed by atoms with Gasteiger partial charge in [0.1, 0.15) is 6.10 Å². The zero-order valence-electron chi connectivity index (χ0n) is 37.7. The fraction of sp³-hybridized carbons (Fsp3) is 0.804. The van der Waals surface area contributed by atoms with Crippen LogP contribution >= 0.6 is 0 Å². The van der Waals surface area contributed by atoms with Gasteiger partial charge in [0.25, 0.3) is 0 Å². The Morgan fingerprint density at radius 2 is 0.912 bits per heavy atom. The molecule has 1 amide bonds. The smallest absolute Gasteiger partial charge is 0.306 e. The van der Waals surface area contributed by atoms with Crippen molar-refractivity contribution >= 4 is 11.9 Å². The van der Waals surface area contributed by atoms with Crippen molar-refractivity contribution in [3.8, 4) is 0 Å². The van der Waals surface area contributed by atoms with E-state index in [4.69, 9.17) is 4.74 Å². The average molecular weight is 800 g/mol. The fourth-order valence-electron chi connectivity index (χ4n) is 7.18. The molecule has 0 aliphatic rings. The van der Waals surface area contributed by atoms with Crippen LogP contribution in [0.15, 0.2) is 48.6 Å². The Hall–Kier alpha value is -2.18. The van der Waals surface area contributed by atoms with Gasteiger partial charge in [-0.2, -0.15) is 0 Å². The number of nitrogens with one attached hydrogen (secondary N) is 1. The maximum absolute atomic E-state index is 13.1. The van der Waals surface area contributed by atoms with E-state index in [2.05, 4.69) is 74.7 Å². The zero-order chi connectivity index (χ0) is 41.7. The lowest BCUT2D eigenvalue weighted by Gasteiger charge is -2.24. The number of hydrogen-bond acceptors (Lipinski definition) is 5. The Kier molecular flexibility index (Phi) is 43.2. The van der Waals surface area contributed by atoms with E-state index < -0.39 is 18.2 Å². The third-order valence-electron chi connectivity index (χ3n) is 10.9. The van der Waals surface area contributed by atoms with Crippen LogP contribution in [0.3, 0.4) is 0 Å². The molecule has 0 rings (SSSR count). The zero-order valence-corrected chi connectivity index (χ0v) is 37.7. The summed E-state index contributed by atoms with van der Waals surface area (Å²) in [6.07, 6.45) is 53.1. The van der Waals surface area contributed by atoms with Gasteiger partial charge in [-0.3, -0.25) is 9.59 Å². The number of carbonyl (C=O) groups is 2. The Morgan fingerprint density at radius 1 is 0.509 bits per heavy atom. The van der Waals surface area contributed by atoms with Crippen LogP contribution in [-0.4, -0.2) is 46.9 Å². The van der Waals surface area contributed by atoms with Crippen molar-refractivity contribution in [1.29, 1.82) is 0 Å². The molecule has 0 aliphatic carbocycles. The van der Waals surface area contributed by atoms with Crippen molar-refractivity contribution in [2.24, 2.45) is 0 Å². The summed E-state index contributed by atoms with van der Waals surface area (Å²) >= 11 is 0. The average Bonchev–Trinajstić information content (AvgIpc) is 3.20. The second-order valence-electron chi connectivity index (χ2n) is 16.5. The van der Waals surface area contributed by atoms with E-state index >= 15 is 0 Å².